The lowest BCUT2D eigenvalue weighted by Gasteiger charge is -2.27. The van der Waals surface area contributed by atoms with Crippen molar-refractivity contribution in [2.24, 2.45) is 0 Å². The van der Waals surface area contributed by atoms with E-state index in [1.807, 2.05) is 0 Å². The number of fused-ring (bicyclic) bond motifs is 11. The predicted octanol–water partition coefficient (Wildman–Crippen LogP) is 10.7. The van der Waals surface area contributed by atoms with Gasteiger partial charge < -0.3 is 9.13 Å². The number of benzene rings is 6. The SMILES string of the molecule is c1ccc2c(c1)c1ccccc1n2-c1ccc2c(c1)C1(CCCC1)c1cc(-n3c4ccccc4c4ccccc43)ccc1-2. The van der Waals surface area contributed by atoms with Crippen LogP contribution >= 0.6 is 0 Å². The Kier molecular flexibility index (Phi) is 4.63. The Bertz CT molecular complexity index is 2140. The molecule has 0 amide bonds. The Morgan fingerprint density at radius 3 is 1.12 bits per heavy atom. The smallest absolute Gasteiger partial charge is 0.0541 e. The molecule has 8 aromatic rings. The van der Waals surface area contributed by atoms with Crippen molar-refractivity contribution in [2.75, 3.05) is 0 Å². The molecule has 1 spiro atoms. The summed E-state index contributed by atoms with van der Waals surface area (Å²) in [5, 5.41) is 5.25. The van der Waals surface area contributed by atoms with Gasteiger partial charge >= 0.3 is 0 Å². The fourth-order valence-electron chi connectivity index (χ4n) is 8.67. The number of rotatable bonds is 2. The summed E-state index contributed by atoms with van der Waals surface area (Å²) in [5.74, 6) is 0. The summed E-state index contributed by atoms with van der Waals surface area (Å²) in [7, 11) is 0. The van der Waals surface area contributed by atoms with E-state index in [4.69, 9.17) is 0 Å². The lowest BCUT2D eigenvalue weighted by molar-refractivity contribution is 0.549. The highest BCUT2D eigenvalue weighted by atomic mass is 15.0. The molecule has 2 aliphatic carbocycles. The molecule has 43 heavy (non-hydrogen) atoms. The minimum Gasteiger partial charge on any atom is -0.309 e. The summed E-state index contributed by atoms with van der Waals surface area (Å²) in [5.41, 5.74) is 13.5. The largest absolute Gasteiger partial charge is 0.309 e. The first-order valence-corrected chi connectivity index (χ1v) is 15.6. The summed E-state index contributed by atoms with van der Waals surface area (Å²) >= 11 is 0. The molecule has 2 heteroatoms. The molecule has 10 rings (SSSR count). The third-order valence-corrected chi connectivity index (χ3v) is 10.5. The van der Waals surface area contributed by atoms with E-state index in [1.54, 1.807) is 0 Å². The Labute approximate surface area is 250 Å². The second-order valence-corrected chi connectivity index (χ2v) is 12.5. The molecule has 2 aliphatic rings. The van der Waals surface area contributed by atoms with Crippen molar-refractivity contribution in [1.82, 2.24) is 9.13 Å². The van der Waals surface area contributed by atoms with E-state index >= 15 is 0 Å². The summed E-state index contributed by atoms with van der Waals surface area (Å²) in [6.07, 6.45) is 4.97. The normalized spacial score (nSPS) is 15.3. The lowest BCUT2D eigenvalue weighted by Crippen LogP contribution is -2.21. The van der Waals surface area contributed by atoms with Gasteiger partial charge in [-0.15, -0.1) is 0 Å². The Morgan fingerprint density at radius 2 is 0.744 bits per heavy atom. The maximum absolute atomic E-state index is 2.53. The van der Waals surface area contributed by atoms with E-state index in [2.05, 4.69) is 143 Å². The van der Waals surface area contributed by atoms with Crippen LogP contribution in [0, 0.1) is 0 Å². The summed E-state index contributed by atoms with van der Waals surface area (Å²) in [6.45, 7) is 0. The van der Waals surface area contributed by atoms with E-state index in [-0.39, 0.29) is 5.41 Å². The monoisotopic (exact) mass is 550 g/mol. The van der Waals surface area contributed by atoms with Crippen LogP contribution < -0.4 is 0 Å². The fraction of sp³-hybridized carbons (Fsp3) is 0.122. The van der Waals surface area contributed by atoms with Gasteiger partial charge in [-0.25, -0.2) is 0 Å². The van der Waals surface area contributed by atoms with Crippen LogP contribution in [0.25, 0.3) is 66.1 Å². The standard InChI is InChI=1S/C41H30N2/c1-5-15-37-31(11-1)32-12-2-6-16-38(32)42(37)27-19-21-29-30-22-20-28(26-36(30)41(35(29)25-27)23-9-10-24-41)43-39-17-7-3-13-33(39)34-14-4-8-18-40(34)43/h1-8,11-22,25-26H,9-10,23-24H2. The van der Waals surface area contributed by atoms with Crippen LogP contribution in [-0.4, -0.2) is 9.13 Å². The van der Waals surface area contributed by atoms with Crippen molar-refractivity contribution in [1.29, 1.82) is 0 Å². The van der Waals surface area contributed by atoms with Gasteiger partial charge in [0.25, 0.3) is 0 Å². The Hall–Kier alpha value is -5.08. The molecule has 0 saturated heterocycles. The zero-order chi connectivity index (χ0) is 28.1. The highest BCUT2D eigenvalue weighted by Crippen LogP contribution is 2.57. The van der Waals surface area contributed by atoms with Crippen LogP contribution in [0.1, 0.15) is 36.8 Å². The number of nitrogens with zero attached hydrogens (tertiary/aromatic N) is 2. The molecule has 0 unspecified atom stereocenters. The van der Waals surface area contributed by atoms with Crippen LogP contribution in [0.3, 0.4) is 0 Å². The first-order valence-electron chi connectivity index (χ1n) is 15.6. The third kappa shape index (κ3) is 3.03. The highest BCUT2D eigenvalue weighted by molar-refractivity contribution is 6.10. The minimum absolute atomic E-state index is 0.0637. The maximum atomic E-state index is 2.53. The molecule has 1 fully saturated rings. The minimum atomic E-state index is 0.0637. The van der Waals surface area contributed by atoms with Gasteiger partial charge in [0.2, 0.25) is 0 Å². The third-order valence-electron chi connectivity index (χ3n) is 10.5. The second-order valence-electron chi connectivity index (χ2n) is 12.5. The van der Waals surface area contributed by atoms with Crippen LogP contribution in [0.2, 0.25) is 0 Å². The predicted molar refractivity (Wildman–Crippen MR) is 180 cm³/mol. The molecule has 6 aromatic carbocycles. The van der Waals surface area contributed by atoms with Crippen LogP contribution in [0.4, 0.5) is 0 Å². The number of hydrogen-bond donors (Lipinski definition) is 0. The van der Waals surface area contributed by atoms with Gasteiger partial charge in [-0.2, -0.15) is 0 Å². The van der Waals surface area contributed by atoms with E-state index in [9.17, 15) is 0 Å². The van der Waals surface area contributed by atoms with Gasteiger partial charge in [0, 0.05) is 38.3 Å². The first kappa shape index (κ1) is 23.5. The molecule has 204 valence electrons. The van der Waals surface area contributed by atoms with Gasteiger partial charge in [-0.05, 0) is 83.6 Å². The van der Waals surface area contributed by atoms with Gasteiger partial charge in [-0.1, -0.05) is 97.8 Å². The van der Waals surface area contributed by atoms with Gasteiger partial charge in [0.1, 0.15) is 0 Å². The Morgan fingerprint density at radius 1 is 0.395 bits per heavy atom. The maximum Gasteiger partial charge on any atom is 0.0541 e. The molecule has 1 saturated carbocycles. The first-order chi connectivity index (χ1) is 21.3. The average molecular weight is 551 g/mol. The second kappa shape index (κ2) is 8.49. The summed E-state index contributed by atoms with van der Waals surface area (Å²) in [6, 6.07) is 49.9. The fourth-order valence-corrected chi connectivity index (χ4v) is 8.67. The highest BCUT2D eigenvalue weighted by Gasteiger charge is 2.45. The van der Waals surface area contributed by atoms with E-state index < -0.39 is 0 Å². The van der Waals surface area contributed by atoms with E-state index in [0.717, 1.165) is 0 Å². The summed E-state index contributed by atoms with van der Waals surface area (Å²) < 4.78 is 4.94. The average Bonchev–Trinajstić information content (AvgIpc) is 3.83. The zero-order valence-electron chi connectivity index (χ0n) is 23.9. The zero-order valence-corrected chi connectivity index (χ0v) is 23.9. The number of hydrogen-bond acceptors (Lipinski definition) is 0. The molecule has 0 aliphatic heterocycles. The molecular weight excluding hydrogens is 520 g/mol. The number of para-hydroxylation sites is 4. The quantitative estimate of drug-likeness (QED) is 0.203. The van der Waals surface area contributed by atoms with Crippen LogP contribution in [0.15, 0.2) is 133 Å². The molecule has 0 radical (unpaired) electrons. The van der Waals surface area contributed by atoms with Gasteiger partial charge in [-0.3, -0.25) is 0 Å². The van der Waals surface area contributed by atoms with Gasteiger partial charge in [0.05, 0.1) is 22.1 Å². The molecule has 2 aromatic heterocycles. The van der Waals surface area contributed by atoms with Crippen molar-refractivity contribution in [3.8, 4) is 22.5 Å². The molecule has 0 bridgehead atoms. The van der Waals surface area contributed by atoms with Gasteiger partial charge in [0.15, 0.2) is 0 Å². The van der Waals surface area contributed by atoms with E-state index in [0.29, 0.717) is 0 Å². The molecule has 0 N–H and O–H groups in total. The van der Waals surface area contributed by atoms with Crippen molar-refractivity contribution in [3.63, 3.8) is 0 Å². The van der Waals surface area contributed by atoms with Crippen LogP contribution in [-0.2, 0) is 5.41 Å². The summed E-state index contributed by atoms with van der Waals surface area (Å²) in [4.78, 5) is 0. The van der Waals surface area contributed by atoms with Crippen molar-refractivity contribution < 1.29 is 0 Å². The number of aromatic nitrogens is 2. The van der Waals surface area contributed by atoms with E-state index in [1.165, 1.54) is 103 Å². The van der Waals surface area contributed by atoms with Crippen LogP contribution in [0.5, 0.6) is 0 Å². The molecule has 2 nitrogen and oxygen atoms in total. The van der Waals surface area contributed by atoms with Crippen molar-refractivity contribution in [2.45, 2.75) is 31.1 Å². The molecular formula is C41H30N2. The Balaban J connectivity index is 1.20. The molecule has 0 atom stereocenters. The topological polar surface area (TPSA) is 9.86 Å². The lowest BCUT2D eigenvalue weighted by atomic mass is 9.76. The van der Waals surface area contributed by atoms with Crippen molar-refractivity contribution in [3.05, 3.63) is 145 Å². The van der Waals surface area contributed by atoms with Crippen molar-refractivity contribution >= 4 is 43.6 Å². The molecule has 2 heterocycles.